The van der Waals surface area contributed by atoms with Gasteiger partial charge >= 0.3 is 0 Å². The van der Waals surface area contributed by atoms with Crippen LogP contribution in [0.3, 0.4) is 0 Å². The van der Waals surface area contributed by atoms with Crippen molar-refractivity contribution in [2.75, 3.05) is 19.7 Å². The summed E-state index contributed by atoms with van der Waals surface area (Å²) in [4.78, 5) is 6.52. The summed E-state index contributed by atoms with van der Waals surface area (Å²) < 4.78 is 11.6. The predicted octanol–water partition coefficient (Wildman–Crippen LogP) is 3.13. The van der Waals surface area contributed by atoms with E-state index >= 15 is 0 Å². The van der Waals surface area contributed by atoms with E-state index in [4.69, 9.17) is 9.47 Å². The van der Waals surface area contributed by atoms with Crippen molar-refractivity contribution >= 4 is 0 Å². The third-order valence-electron chi connectivity index (χ3n) is 4.44. The molecule has 0 N–H and O–H groups in total. The molecule has 120 valence electrons. The Bertz CT molecular complexity index is 626. The van der Waals surface area contributed by atoms with E-state index in [2.05, 4.69) is 9.88 Å². The van der Waals surface area contributed by atoms with E-state index in [1.54, 1.807) is 12.4 Å². The molecule has 2 aliphatic rings. The second-order valence-electron chi connectivity index (χ2n) is 6.48. The van der Waals surface area contributed by atoms with Gasteiger partial charge in [0.05, 0.1) is 6.04 Å². The fourth-order valence-electron chi connectivity index (χ4n) is 2.71. The molecule has 1 aliphatic carbocycles. The smallest absolute Gasteiger partial charge is 0.120 e. The molecule has 1 saturated heterocycles. The summed E-state index contributed by atoms with van der Waals surface area (Å²) in [5, 5.41) is 0. The van der Waals surface area contributed by atoms with Gasteiger partial charge in [-0.3, -0.25) is 9.88 Å². The Morgan fingerprint density at radius 2 is 1.65 bits per heavy atom. The summed E-state index contributed by atoms with van der Waals surface area (Å²) in [6.07, 6.45) is 6.40. The molecule has 1 saturated carbocycles. The lowest BCUT2D eigenvalue weighted by atomic mass is 10.3. The molecule has 4 rings (SSSR count). The number of nitrogens with zero attached hydrogens (tertiary/aromatic N) is 2. The summed E-state index contributed by atoms with van der Waals surface area (Å²) in [5.74, 6) is 2.74. The van der Waals surface area contributed by atoms with Gasteiger partial charge in [-0.15, -0.1) is 0 Å². The molecular formula is C19H22N2O2. The van der Waals surface area contributed by atoms with Crippen molar-refractivity contribution in [2.45, 2.75) is 25.5 Å². The van der Waals surface area contributed by atoms with Crippen LogP contribution >= 0.6 is 0 Å². The molecule has 2 unspecified atom stereocenters. The maximum atomic E-state index is 5.87. The Kier molecular flexibility index (Phi) is 4.16. The van der Waals surface area contributed by atoms with Crippen molar-refractivity contribution in [1.82, 2.24) is 9.88 Å². The molecule has 4 nitrogen and oxygen atoms in total. The number of hydrogen-bond acceptors (Lipinski definition) is 4. The zero-order valence-electron chi connectivity index (χ0n) is 13.2. The molecule has 2 fully saturated rings. The van der Waals surface area contributed by atoms with Crippen LogP contribution in [0.1, 0.15) is 18.4 Å². The average Bonchev–Trinajstić information content (AvgIpc) is 3.52. The fourth-order valence-corrected chi connectivity index (χ4v) is 2.71. The Labute approximate surface area is 137 Å². The Hall–Kier alpha value is -2.07. The summed E-state index contributed by atoms with van der Waals surface area (Å²) in [6, 6.07) is 12.4. The quantitative estimate of drug-likeness (QED) is 0.702. The first-order valence-electron chi connectivity index (χ1n) is 8.35. The second-order valence-corrected chi connectivity index (χ2v) is 6.48. The van der Waals surface area contributed by atoms with E-state index < -0.39 is 0 Å². The Balaban J connectivity index is 1.20. The molecule has 2 atom stereocenters. The van der Waals surface area contributed by atoms with Crippen LogP contribution in [-0.4, -0.2) is 35.6 Å². The highest BCUT2D eigenvalue weighted by atomic mass is 16.5. The van der Waals surface area contributed by atoms with Gasteiger partial charge in [0.2, 0.25) is 0 Å². The number of rotatable bonds is 8. The third-order valence-corrected chi connectivity index (χ3v) is 4.44. The number of ether oxygens (including phenoxy) is 2. The van der Waals surface area contributed by atoms with Crippen LogP contribution in [0.15, 0.2) is 48.8 Å². The number of benzene rings is 1. The molecule has 0 bridgehead atoms. The van der Waals surface area contributed by atoms with E-state index in [-0.39, 0.29) is 0 Å². The van der Waals surface area contributed by atoms with Gasteiger partial charge in [0.25, 0.3) is 0 Å². The highest BCUT2D eigenvalue weighted by Gasteiger charge is 2.38. The van der Waals surface area contributed by atoms with Gasteiger partial charge < -0.3 is 9.47 Å². The molecule has 2 aromatic rings. The molecule has 1 aliphatic heterocycles. The summed E-state index contributed by atoms with van der Waals surface area (Å²) in [5.41, 5.74) is 1.12. The Morgan fingerprint density at radius 1 is 0.957 bits per heavy atom. The van der Waals surface area contributed by atoms with E-state index in [1.165, 1.54) is 25.9 Å². The SMILES string of the molecule is c1cc(COc2ccc(OCC3CN3CC3CC3)cc2)ccn1. The molecule has 0 amide bonds. The van der Waals surface area contributed by atoms with Crippen molar-refractivity contribution < 1.29 is 9.47 Å². The standard InChI is InChI=1S/C19H22N2O2/c1-2-15(1)11-21-12-17(21)14-23-19-5-3-18(4-6-19)22-13-16-7-9-20-10-8-16/h3-10,15,17H,1-2,11-14H2. The number of aromatic nitrogens is 1. The van der Waals surface area contributed by atoms with Crippen LogP contribution < -0.4 is 9.47 Å². The topological polar surface area (TPSA) is 34.4 Å². The maximum absolute atomic E-state index is 5.87. The number of hydrogen-bond donors (Lipinski definition) is 0. The highest BCUT2D eigenvalue weighted by molar-refractivity contribution is 5.31. The molecule has 0 radical (unpaired) electrons. The van der Waals surface area contributed by atoms with Crippen LogP contribution in [0.25, 0.3) is 0 Å². The lowest BCUT2D eigenvalue weighted by Crippen LogP contribution is -2.12. The van der Waals surface area contributed by atoms with Gasteiger partial charge in [-0.25, -0.2) is 0 Å². The normalized spacial score (nSPS) is 22.6. The predicted molar refractivity (Wildman–Crippen MR) is 88.6 cm³/mol. The minimum absolute atomic E-state index is 0.556. The van der Waals surface area contributed by atoms with E-state index in [0.29, 0.717) is 12.6 Å². The second kappa shape index (κ2) is 6.59. The zero-order valence-corrected chi connectivity index (χ0v) is 13.2. The molecule has 0 spiro atoms. The van der Waals surface area contributed by atoms with Crippen molar-refractivity contribution in [2.24, 2.45) is 5.92 Å². The number of pyridine rings is 1. The minimum Gasteiger partial charge on any atom is -0.492 e. The zero-order chi connectivity index (χ0) is 15.5. The lowest BCUT2D eigenvalue weighted by molar-refractivity contribution is 0.288. The van der Waals surface area contributed by atoms with Crippen molar-refractivity contribution in [3.05, 3.63) is 54.4 Å². The first-order valence-corrected chi connectivity index (χ1v) is 8.35. The monoisotopic (exact) mass is 310 g/mol. The maximum Gasteiger partial charge on any atom is 0.120 e. The van der Waals surface area contributed by atoms with Gasteiger partial charge in [-0.1, -0.05) is 0 Å². The molecule has 4 heteroatoms. The first kappa shape index (κ1) is 14.5. The van der Waals surface area contributed by atoms with Gasteiger partial charge in [-0.05, 0) is 60.7 Å². The van der Waals surface area contributed by atoms with E-state index in [9.17, 15) is 0 Å². The molecular weight excluding hydrogens is 288 g/mol. The van der Waals surface area contributed by atoms with Crippen LogP contribution in [0.2, 0.25) is 0 Å². The summed E-state index contributed by atoms with van der Waals surface area (Å²) in [6.45, 7) is 3.82. The van der Waals surface area contributed by atoms with Gasteiger partial charge in [-0.2, -0.15) is 0 Å². The van der Waals surface area contributed by atoms with Gasteiger partial charge in [0.1, 0.15) is 24.7 Å². The van der Waals surface area contributed by atoms with Crippen LogP contribution in [0.4, 0.5) is 0 Å². The molecule has 23 heavy (non-hydrogen) atoms. The van der Waals surface area contributed by atoms with Crippen molar-refractivity contribution in [3.8, 4) is 11.5 Å². The largest absolute Gasteiger partial charge is 0.492 e. The summed E-state index contributed by atoms with van der Waals surface area (Å²) in [7, 11) is 0. The first-order chi connectivity index (χ1) is 11.4. The Morgan fingerprint density at radius 3 is 2.35 bits per heavy atom. The molecule has 2 heterocycles. The van der Waals surface area contributed by atoms with Gasteiger partial charge in [0, 0.05) is 25.5 Å². The van der Waals surface area contributed by atoms with Crippen molar-refractivity contribution in [1.29, 1.82) is 0 Å². The fraction of sp³-hybridized carbons (Fsp3) is 0.421. The highest BCUT2D eigenvalue weighted by Crippen LogP contribution is 2.33. The lowest BCUT2D eigenvalue weighted by Gasteiger charge is -2.09. The molecule has 1 aromatic carbocycles. The van der Waals surface area contributed by atoms with Crippen LogP contribution in [0, 0.1) is 5.92 Å². The minimum atomic E-state index is 0.556. The van der Waals surface area contributed by atoms with Gasteiger partial charge in [0.15, 0.2) is 0 Å². The van der Waals surface area contributed by atoms with Crippen molar-refractivity contribution in [3.63, 3.8) is 0 Å². The molecule has 1 aromatic heterocycles. The third kappa shape index (κ3) is 4.23. The summed E-state index contributed by atoms with van der Waals surface area (Å²) >= 11 is 0. The van der Waals surface area contributed by atoms with E-state index in [1.807, 2.05) is 36.4 Å². The van der Waals surface area contributed by atoms with Crippen LogP contribution in [0.5, 0.6) is 11.5 Å². The van der Waals surface area contributed by atoms with Crippen LogP contribution in [-0.2, 0) is 6.61 Å². The van der Waals surface area contributed by atoms with E-state index in [0.717, 1.165) is 29.6 Å². The average molecular weight is 310 g/mol.